The van der Waals surface area contributed by atoms with Gasteiger partial charge in [-0.15, -0.1) is 11.3 Å². The number of hydrogen-bond acceptors (Lipinski definition) is 8. The highest BCUT2D eigenvalue weighted by atomic mass is 32.2. The van der Waals surface area contributed by atoms with Crippen LogP contribution < -0.4 is 16.4 Å². The number of aryl methyl sites for hydroxylation is 1. The molecular weight excluding hydrogens is 502 g/mol. The van der Waals surface area contributed by atoms with Gasteiger partial charge < -0.3 is 21.1 Å². The number of hydrogen-bond donors (Lipinski definition) is 3. The van der Waals surface area contributed by atoms with Crippen molar-refractivity contribution in [1.82, 2.24) is 9.88 Å². The molecule has 4 aromatic rings. The standard InChI is InChI=1S/C28H31N5O2S2/c29-23-3-1-2-4-24(23)31-27(34)21-7-5-20(6-8-21)11-18-36-28-32-25-10-9-22(19-26(25)37-28)30-12-13-33-14-16-35-17-15-33/h1-10,19,30H,11-18,29H2,(H,31,34). The molecule has 5 rings (SSSR count). The number of anilines is 3. The first-order valence-electron chi connectivity index (χ1n) is 12.5. The molecule has 1 amide bonds. The number of benzene rings is 3. The lowest BCUT2D eigenvalue weighted by atomic mass is 10.1. The lowest BCUT2D eigenvalue weighted by molar-refractivity contribution is 0.0398. The first-order chi connectivity index (χ1) is 18.1. The largest absolute Gasteiger partial charge is 0.397 e. The fraction of sp³-hybridized carbons (Fsp3) is 0.286. The summed E-state index contributed by atoms with van der Waals surface area (Å²) in [5, 5.41) is 6.41. The van der Waals surface area contributed by atoms with Gasteiger partial charge in [0, 0.05) is 43.2 Å². The molecule has 0 atom stereocenters. The van der Waals surface area contributed by atoms with Crippen LogP contribution in [-0.2, 0) is 11.2 Å². The number of aromatic nitrogens is 1. The van der Waals surface area contributed by atoms with Crippen LogP contribution in [-0.4, -0.2) is 60.9 Å². The average molecular weight is 534 g/mol. The SMILES string of the molecule is Nc1ccccc1NC(=O)c1ccc(CCSc2nc3ccc(NCCN4CCOCC4)cc3s2)cc1. The number of fused-ring (bicyclic) bond motifs is 1. The molecular formula is C28H31N5O2S2. The third kappa shape index (κ3) is 7.01. The van der Waals surface area contributed by atoms with Crippen molar-refractivity contribution >= 4 is 56.3 Å². The molecule has 1 saturated heterocycles. The van der Waals surface area contributed by atoms with Crippen LogP contribution in [0.25, 0.3) is 10.2 Å². The number of thiazole rings is 1. The van der Waals surface area contributed by atoms with Crippen LogP contribution >= 0.6 is 23.1 Å². The molecule has 0 spiro atoms. The van der Waals surface area contributed by atoms with E-state index in [0.29, 0.717) is 16.9 Å². The van der Waals surface area contributed by atoms with Gasteiger partial charge in [0.05, 0.1) is 34.8 Å². The average Bonchev–Trinajstić information content (AvgIpc) is 3.33. The Balaban J connectivity index is 1.09. The van der Waals surface area contributed by atoms with Gasteiger partial charge in [0.1, 0.15) is 0 Å². The molecule has 192 valence electrons. The molecule has 7 nitrogen and oxygen atoms in total. The van der Waals surface area contributed by atoms with Gasteiger partial charge in [0.15, 0.2) is 4.34 Å². The van der Waals surface area contributed by atoms with E-state index in [1.165, 1.54) is 10.3 Å². The molecule has 0 aliphatic carbocycles. The molecule has 37 heavy (non-hydrogen) atoms. The van der Waals surface area contributed by atoms with Gasteiger partial charge in [-0.1, -0.05) is 36.0 Å². The fourth-order valence-corrected chi connectivity index (χ4v) is 6.31. The summed E-state index contributed by atoms with van der Waals surface area (Å²) in [6.45, 7) is 5.64. The Bertz CT molecular complexity index is 1340. The van der Waals surface area contributed by atoms with E-state index in [-0.39, 0.29) is 5.91 Å². The van der Waals surface area contributed by atoms with Crippen molar-refractivity contribution in [2.24, 2.45) is 0 Å². The first-order valence-corrected chi connectivity index (χ1v) is 14.3. The number of carbonyl (C=O) groups is 1. The van der Waals surface area contributed by atoms with Crippen molar-refractivity contribution in [2.45, 2.75) is 10.8 Å². The number of rotatable bonds is 10. The van der Waals surface area contributed by atoms with E-state index >= 15 is 0 Å². The molecule has 9 heteroatoms. The molecule has 1 fully saturated rings. The molecule has 1 aliphatic heterocycles. The van der Waals surface area contributed by atoms with Gasteiger partial charge in [-0.3, -0.25) is 9.69 Å². The minimum atomic E-state index is -0.164. The second-order valence-corrected chi connectivity index (χ2v) is 11.3. The van der Waals surface area contributed by atoms with E-state index in [4.69, 9.17) is 15.5 Å². The number of morpholine rings is 1. The molecule has 0 bridgehead atoms. The predicted molar refractivity (Wildman–Crippen MR) is 155 cm³/mol. The number of nitrogens with two attached hydrogens (primary N) is 1. The number of thioether (sulfide) groups is 1. The summed E-state index contributed by atoms with van der Waals surface area (Å²) < 4.78 is 7.70. The monoisotopic (exact) mass is 533 g/mol. The zero-order chi connectivity index (χ0) is 25.5. The van der Waals surface area contributed by atoms with Crippen molar-refractivity contribution in [1.29, 1.82) is 0 Å². The molecule has 1 aromatic heterocycles. The summed E-state index contributed by atoms with van der Waals surface area (Å²) in [5.74, 6) is 0.763. The maximum Gasteiger partial charge on any atom is 0.255 e. The molecule has 2 heterocycles. The summed E-state index contributed by atoms with van der Waals surface area (Å²) in [7, 11) is 0. The van der Waals surface area contributed by atoms with Gasteiger partial charge in [-0.2, -0.15) is 0 Å². The van der Waals surface area contributed by atoms with E-state index in [0.717, 1.165) is 67.1 Å². The highest BCUT2D eigenvalue weighted by Crippen LogP contribution is 2.31. The Morgan fingerprint density at radius 3 is 2.70 bits per heavy atom. The minimum absolute atomic E-state index is 0.164. The quantitative estimate of drug-likeness (QED) is 0.190. The Kier molecular flexibility index (Phi) is 8.57. The second kappa shape index (κ2) is 12.4. The fourth-order valence-electron chi connectivity index (χ4n) is 4.14. The lowest BCUT2D eigenvalue weighted by Crippen LogP contribution is -2.38. The van der Waals surface area contributed by atoms with Crippen LogP contribution in [0.15, 0.2) is 71.1 Å². The van der Waals surface area contributed by atoms with Crippen molar-refractivity contribution in [2.75, 3.05) is 61.5 Å². The van der Waals surface area contributed by atoms with Crippen molar-refractivity contribution in [3.05, 3.63) is 77.9 Å². The van der Waals surface area contributed by atoms with E-state index in [9.17, 15) is 4.79 Å². The Morgan fingerprint density at radius 1 is 1.08 bits per heavy atom. The number of nitrogen functional groups attached to an aromatic ring is 1. The highest BCUT2D eigenvalue weighted by molar-refractivity contribution is 8.01. The van der Waals surface area contributed by atoms with Crippen LogP contribution in [0.1, 0.15) is 15.9 Å². The molecule has 3 aromatic carbocycles. The van der Waals surface area contributed by atoms with Crippen LogP contribution in [0.4, 0.5) is 17.1 Å². The Hall–Kier alpha value is -3.11. The number of ether oxygens (including phenoxy) is 1. The first kappa shape index (κ1) is 25.5. The maximum absolute atomic E-state index is 12.5. The van der Waals surface area contributed by atoms with Crippen LogP contribution in [0.2, 0.25) is 0 Å². The smallest absolute Gasteiger partial charge is 0.255 e. The minimum Gasteiger partial charge on any atom is -0.397 e. The third-order valence-corrected chi connectivity index (χ3v) is 8.43. The van der Waals surface area contributed by atoms with Gasteiger partial charge >= 0.3 is 0 Å². The summed E-state index contributed by atoms with van der Waals surface area (Å²) in [5.41, 5.74) is 11.1. The van der Waals surface area contributed by atoms with Crippen LogP contribution in [0.5, 0.6) is 0 Å². The topological polar surface area (TPSA) is 92.5 Å². The summed E-state index contributed by atoms with van der Waals surface area (Å²) >= 11 is 3.51. The number of carbonyl (C=O) groups excluding carboxylic acids is 1. The Morgan fingerprint density at radius 2 is 1.89 bits per heavy atom. The molecule has 1 aliphatic rings. The van der Waals surface area contributed by atoms with Crippen molar-refractivity contribution in [3.8, 4) is 0 Å². The van der Waals surface area contributed by atoms with Gasteiger partial charge in [0.25, 0.3) is 5.91 Å². The number of para-hydroxylation sites is 2. The Labute approximate surface area is 225 Å². The van der Waals surface area contributed by atoms with E-state index < -0.39 is 0 Å². The number of amides is 1. The zero-order valence-electron chi connectivity index (χ0n) is 20.6. The van der Waals surface area contributed by atoms with Crippen LogP contribution in [0.3, 0.4) is 0 Å². The van der Waals surface area contributed by atoms with E-state index in [1.807, 2.05) is 36.4 Å². The maximum atomic E-state index is 12.5. The summed E-state index contributed by atoms with van der Waals surface area (Å²) in [4.78, 5) is 19.7. The van der Waals surface area contributed by atoms with Crippen LogP contribution in [0, 0.1) is 0 Å². The van der Waals surface area contributed by atoms with Crippen molar-refractivity contribution < 1.29 is 9.53 Å². The molecule has 0 radical (unpaired) electrons. The number of nitrogens with one attached hydrogen (secondary N) is 2. The summed E-state index contributed by atoms with van der Waals surface area (Å²) in [6, 6.07) is 21.4. The number of nitrogens with zero attached hydrogens (tertiary/aromatic N) is 2. The van der Waals surface area contributed by atoms with E-state index in [2.05, 4.69) is 33.7 Å². The van der Waals surface area contributed by atoms with E-state index in [1.54, 1.807) is 35.2 Å². The second-order valence-electron chi connectivity index (χ2n) is 8.88. The van der Waals surface area contributed by atoms with Gasteiger partial charge in [-0.25, -0.2) is 4.98 Å². The van der Waals surface area contributed by atoms with Gasteiger partial charge in [-0.05, 0) is 54.4 Å². The van der Waals surface area contributed by atoms with Gasteiger partial charge in [0.2, 0.25) is 0 Å². The molecule has 0 unspecified atom stereocenters. The zero-order valence-corrected chi connectivity index (χ0v) is 22.2. The molecule has 0 saturated carbocycles. The lowest BCUT2D eigenvalue weighted by Gasteiger charge is -2.26. The predicted octanol–water partition coefficient (Wildman–Crippen LogP) is 5.21. The normalized spacial score (nSPS) is 14.1. The third-order valence-electron chi connectivity index (χ3n) is 6.27. The highest BCUT2D eigenvalue weighted by Gasteiger charge is 2.11. The summed E-state index contributed by atoms with van der Waals surface area (Å²) in [6.07, 6.45) is 0.905. The van der Waals surface area contributed by atoms with Crippen molar-refractivity contribution in [3.63, 3.8) is 0 Å². The molecule has 4 N–H and O–H groups in total.